The van der Waals surface area contributed by atoms with Crippen LogP contribution in [0.25, 0.3) is 0 Å². The number of carbonyl (C=O) groups is 2. The Morgan fingerprint density at radius 3 is 1.11 bits per heavy atom. The lowest BCUT2D eigenvalue weighted by Crippen LogP contribution is -2.45. The van der Waals surface area contributed by atoms with Crippen LogP contribution in [0.2, 0.25) is 0 Å². The summed E-state index contributed by atoms with van der Waals surface area (Å²) in [6, 6.07) is -0.628. The Labute approximate surface area is 449 Å². The van der Waals surface area contributed by atoms with Gasteiger partial charge in [0, 0.05) is 12.8 Å². The number of amides is 1. The van der Waals surface area contributed by atoms with E-state index < -0.39 is 12.1 Å². The van der Waals surface area contributed by atoms with Crippen LogP contribution in [0.5, 0.6) is 0 Å². The lowest BCUT2D eigenvalue weighted by atomic mass is 10.0. The fourth-order valence-corrected chi connectivity index (χ4v) is 9.97. The number of allylic oxidation sites excluding steroid dienone is 5. The van der Waals surface area contributed by atoms with E-state index in [-0.39, 0.29) is 18.5 Å². The van der Waals surface area contributed by atoms with Crippen molar-refractivity contribution in [1.29, 1.82) is 0 Å². The maximum atomic E-state index is 12.5. The quantitative estimate of drug-likeness (QED) is 0.0320. The van der Waals surface area contributed by atoms with Gasteiger partial charge in [-0.05, 0) is 57.8 Å². The highest BCUT2D eigenvalue weighted by atomic mass is 16.5. The summed E-state index contributed by atoms with van der Waals surface area (Å²) >= 11 is 0. The topological polar surface area (TPSA) is 95.9 Å². The van der Waals surface area contributed by atoms with Crippen molar-refractivity contribution in [3.05, 3.63) is 36.5 Å². The Hall–Kier alpha value is -1.92. The second-order valence-corrected chi connectivity index (χ2v) is 22.1. The van der Waals surface area contributed by atoms with E-state index in [0.717, 1.165) is 51.4 Å². The Morgan fingerprint density at radius 2 is 0.722 bits per heavy atom. The highest BCUT2D eigenvalue weighted by Gasteiger charge is 2.18. The van der Waals surface area contributed by atoms with Gasteiger partial charge in [-0.25, -0.2) is 0 Å². The molecule has 0 aromatic carbocycles. The molecule has 0 radical (unpaired) electrons. The predicted molar refractivity (Wildman–Crippen MR) is 315 cm³/mol. The van der Waals surface area contributed by atoms with Gasteiger partial charge in [-0.1, -0.05) is 314 Å². The van der Waals surface area contributed by atoms with Gasteiger partial charge in [0.05, 0.1) is 25.4 Å². The number of carbonyl (C=O) groups excluding carboxylic acids is 2. The molecule has 0 saturated carbocycles. The monoisotopic (exact) mass is 1010 g/mol. The minimum Gasteiger partial charge on any atom is -0.466 e. The molecule has 2 unspecified atom stereocenters. The first-order chi connectivity index (χ1) is 35.5. The molecule has 3 N–H and O–H groups in total. The molecule has 424 valence electrons. The summed E-state index contributed by atoms with van der Waals surface area (Å²) in [5, 5.41) is 23.2. The summed E-state index contributed by atoms with van der Waals surface area (Å²) in [5.41, 5.74) is 0. The molecule has 0 fully saturated rings. The van der Waals surface area contributed by atoms with Crippen molar-refractivity contribution in [2.24, 2.45) is 0 Å². The molecular formula is C66H125NO5. The number of hydrogen-bond acceptors (Lipinski definition) is 5. The average molecular weight is 1010 g/mol. The standard InChI is InChI=1S/C66H125NO5/c1-3-5-7-9-11-13-15-17-18-19-28-31-35-38-42-46-50-54-58-64(69)63(62-68)67-65(70)59-55-51-47-43-39-36-32-29-26-24-22-20-21-23-25-27-30-33-37-41-45-49-53-57-61-72-66(71)60-56-52-48-44-40-34-16-14-12-10-8-6-4-2/h8,10,14,16,54,58,63-64,68-69H,3-7,9,11-13,15,17-53,55-57,59-62H2,1-2H3,(H,67,70)/b10-8-,16-14-,58-54+. The van der Waals surface area contributed by atoms with Crippen LogP contribution in [0.1, 0.15) is 348 Å². The van der Waals surface area contributed by atoms with Crippen molar-refractivity contribution in [2.75, 3.05) is 13.2 Å². The van der Waals surface area contributed by atoms with Crippen molar-refractivity contribution in [3.63, 3.8) is 0 Å². The van der Waals surface area contributed by atoms with E-state index in [0.29, 0.717) is 19.4 Å². The normalized spacial score (nSPS) is 12.8. The molecule has 0 aliphatic rings. The van der Waals surface area contributed by atoms with E-state index >= 15 is 0 Å². The van der Waals surface area contributed by atoms with Crippen molar-refractivity contribution in [1.82, 2.24) is 5.32 Å². The van der Waals surface area contributed by atoms with Crippen LogP contribution in [0.4, 0.5) is 0 Å². The first-order valence-electron chi connectivity index (χ1n) is 32.3. The molecule has 0 aliphatic carbocycles. The third-order valence-corrected chi connectivity index (χ3v) is 14.9. The minimum absolute atomic E-state index is 0.000289. The molecule has 0 rings (SSSR count). The fourth-order valence-electron chi connectivity index (χ4n) is 9.97. The highest BCUT2D eigenvalue weighted by molar-refractivity contribution is 5.76. The molecule has 0 saturated heterocycles. The van der Waals surface area contributed by atoms with E-state index in [1.54, 1.807) is 6.08 Å². The molecule has 2 atom stereocenters. The number of aliphatic hydroxyl groups excluding tert-OH is 2. The van der Waals surface area contributed by atoms with Crippen LogP contribution in [-0.2, 0) is 14.3 Å². The molecule has 1 amide bonds. The molecular weight excluding hydrogens is 887 g/mol. The molecule has 0 aliphatic heterocycles. The van der Waals surface area contributed by atoms with Crippen LogP contribution in [-0.4, -0.2) is 47.4 Å². The second kappa shape index (κ2) is 61.6. The summed E-state index contributed by atoms with van der Waals surface area (Å²) in [4.78, 5) is 24.5. The van der Waals surface area contributed by atoms with Gasteiger partial charge in [0.2, 0.25) is 5.91 Å². The Bertz CT molecular complexity index is 1170. The zero-order chi connectivity index (χ0) is 52.2. The summed E-state index contributed by atoms with van der Waals surface area (Å²) in [7, 11) is 0. The van der Waals surface area contributed by atoms with Gasteiger partial charge in [0.25, 0.3) is 0 Å². The SMILES string of the molecule is CCC/C=C\C/C=C\CCCCCCCC(=O)OCCCCCCCCCCCCCCCCCCCCCCCCCCC(=O)NC(CO)C(O)/C=C/CCCCCCCCCCCCCCCCCC. The van der Waals surface area contributed by atoms with Crippen LogP contribution < -0.4 is 5.32 Å². The Balaban J connectivity index is 3.40. The zero-order valence-electron chi connectivity index (χ0n) is 48.4. The van der Waals surface area contributed by atoms with Gasteiger partial charge in [-0.3, -0.25) is 9.59 Å². The number of ether oxygens (including phenoxy) is 1. The van der Waals surface area contributed by atoms with E-state index in [4.69, 9.17) is 4.74 Å². The fraction of sp³-hybridized carbons (Fsp3) is 0.879. The third kappa shape index (κ3) is 57.4. The smallest absolute Gasteiger partial charge is 0.305 e. The van der Waals surface area contributed by atoms with Crippen LogP contribution in [0, 0.1) is 0 Å². The van der Waals surface area contributed by atoms with Gasteiger partial charge in [0.15, 0.2) is 0 Å². The number of rotatable bonds is 60. The summed E-state index contributed by atoms with van der Waals surface area (Å²) in [6.45, 7) is 4.86. The molecule has 72 heavy (non-hydrogen) atoms. The van der Waals surface area contributed by atoms with Gasteiger partial charge < -0.3 is 20.3 Å². The lowest BCUT2D eigenvalue weighted by Gasteiger charge is -2.20. The van der Waals surface area contributed by atoms with Crippen molar-refractivity contribution < 1.29 is 24.5 Å². The molecule has 0 bridgehead atoms. The molecule has 6 nitrogen and oxygen atoms in total. The van der Waals surface area contributed by atoms with Gasteiger partial charge in [-0.15, -0.1) is 0 Å². The number of nitrogens with one attached hydrogen (secondary N) is 1. The number of hydrogen-bond donors (Lipinski definition) is 3. The first-order valence-corrected chi connectivity index (χ1v) is 32.3. The summed E-state index contributed by atoms with van der Waals surface area (Å²) in [6.07, 6.45) is 77.7. The first kappa shape index (κ1) is 70.1. The van der Waals surface area contributed by atoms with Crippen LogP contribution in [0.3, 0.4) is 0 Å². The van der Waals surface area contributed by atoms with Crippen LogP contribution >= 0.6 is 0 Å². The minimum atomic E-state index is -0.844. The van der Waals surface area contributed by atoms with Gasteiger partial charge in [-0.2, -0.15) is 0 Å². The maximum absolute atomic E-state index is 12.5. The van der Waals surface area contributed by atoms with Crippen molar-refractivity contribution in [2.45, 2.75) is 360 Å². The van der Waals surface area contributed by atoms with E-state index in [1.165, 1.54) is 270 Å². The molecule has 6 heteroatoms. The highest BCUT2D eigenvalue weighted by Crippen LogP contribution is 2.18. The summed E-state index contributed by atoms with van der Waals surface area (Å²) < 4.78 is 5.47. The summed E-state index contributed by atoms with van der Waals surface area (Å²) in [5.74, 6) is -0.0649. The van der Waals surface area contributed by atoms with Crippen molar-refractivity contribution >= 4 is 11.9 Å². The molecule has 0 aromatic rings. The van der Waals surface area contributed by atoms with Gasteiger partial charge in [0.1, 0.15) is 0 Å². The van der Waals surface area contributed by atoms with E-state index in [2.05, 4.69) is 43.5 Å². The predicted octanol–water partition coefficient (Wildman–Crippen LogP) is 20.4. The van der Waals surface area contributed by atoms with E-state index in [1.807, 2.05) is 6.08 Å². The Kier molecular flexibility index (Phi) is 60.0. The number of esters is 1. The average Bonchev–Trinajstić information content (AvgIpc) is 3.38. The van der Waals surface area contributed by atoms with Crippen LogP contribution in [0.15, 0.2) is 36.5 Å². The number of aliphatic hydroxyl groups is 2. The molecule has 0 heterocycles. The maximum Gasteiger partial charge on any atom is 0.305 e. The van der Waals surface area contributed by atoms with Crippen molar-refractivity contribution in [3.8, 4) is 0 Å². The third-order valence-electron chi connectivity index (χ3n) is 14.9. The van der Waals surface area contributed by atoms with E-state index in [9.17, 15) is 19.8 Å². The largest absolute Gasteiger partial charge is 0.466 e. The zero-order valence-corrected chi connectivity index (χ0v) is 48.4. The van der Waals surface area contributed by atoms with Gasteiger partial charge >= 0.3 is 5.97 Å². The molecule has 0 spiro atoms. The Morgan fingerprint density at radius 1 is 0.389 bits per heavy atom. The lowest BCUT2D eigenvalue weighted by molar-refractivity contribution is -0.143. The number of unbranched alkanes of at least 4 members (excludes halogenated alkanes) is 45. The second-order valence-electron chi connectivity index (χ2n) is 22.1. The molecule has 0 aromatic heterocycles.